The number of amides is 1. The molecule has 0 saturated carbocycles. The lowest BCUT2D eigenvalue weighted by atomic mass is 9.99. The highest BCUT2D eigenvalue weighted by Crippen LogP contribution is 2.35. The molecule has 32 heavy (non-hydrogen) atoms. The smallest absolute Gasteiger partial charge is 0.268 e. The summed E-state index contributed by atoms with van der Waals surface area (Å²) in [6.07, 6.45) is 4.10. The van der Waals surface area contributed by atoms with E-state index in [1.165, 1.54) is 0 Å². The first kappa shape index (κ1) is 21.8. The van der Waals surface area contributed by atoms with Crippen LogP contribution in [0, 0.1) is 5.41 Å². The molecule has 1 fully saturated rings. The molecule has 168 valence electrons. The van der Waals surface area contributed by atoms with E-state index in [9.17, 15) is 4.79 Å². The molecule has 0 radical (unpaired) electrons. The Morgan fingerprint density at radius 1 is 0.969 bits per heavy atom. The minimum Gasteiger partial charge on any atom is -0.493 e. The van der Waals surface area contributed by atoms with Crippen LogP contribution in [0.3, 0.4) is 0 Å². The summed E-state index contributed by atoms with van der Waals surface area (Å²) in [5.41, 5.74) is 1.87. The second-order valence-electron chi connectivity index (χ2n) is 9.15. The molecule has 1 unspecified atom stereocenters. The fraction of sp³-hybridized carbons (Fsp3) is 0.346. The van der Waals surface area contributed by atoms with E-state index in [4.69, 9.17) is 14.2 Å². The SMILES string of the molecule is COc1cc(N2CCC(Oc3ccc(-n4cccc4)cc3)C2=O)ccc1OCC(C)(C)C. The first-order valence-electron chi connectivity index (χ1n) is 10.9. The van der Waals surface area contributed by atoms with Crippen molar-refractivity contribution in [1.82, 2.24) is 4.57 Å². The Labute approximate surface area is 189 Å². The van der Waals surface area contributed by atoms with E-state index in [1.54, 1.807) is 12.0 Å². The molecule has 1 aliphatic heterocycles. The van der Waals surface area contributed by atoms with Gasteiger partial charge in [-0.2, -0.15) is 0 Å². The van der Waals surface area contributed by atoms with Gasteiger partial charge in [0.05, 0.1) is 13.7 Å². The quantitative estimate of drug-likeness (QED) is 0.519. The third-order valence-corrected chi connectivity index (χ3v) is 5.29. The summed E-state index contributed by atoms with van der Waals surface area (Å²) in [5.74, 6) is 1.92. The van der Waals surface area contributed by atoms with E-state index in [2.05, 4.69) is 20.8 Å². The molecule has 1 aromatic heterocycles. The van der Waals surface area contributed by atoms with Gasteiger partial charge in [-0.3, -0.25) is 4.79 Å². The van der Waals surface area contributed by atoms with Gasteiger partial charge >= 0.3 is 0 Å². The molecule has 1 atom stereocenters. The molecule has 3 aromatic rings. The van der Waals surface area contributed by atoms with Gasteiger partial charge in [0.2, 0.25) is 0 Å². The van der Waals surface area contributed by atoms with Crippen molar-refractivity contribution >= 4 is 11.6 Å². The largest absolute Gasteiger partial charge is 0.493 e. The number of hydrogen-bond donors (Lipinski definition) is 0. The molecule has 2 heterocycles. The zero-order valence-electron chi connectivity index (χ0n) is 19.1. The second kappa shape index (κ2) is 8.99. The molecule has 6 heteroatoms. The average molecular weight is 435 g/mol. The number of carbonyl (C=O) groups is 1. The van der Waals surface area contributed by atoms with Crippen molar-refractivity contribution in [3.8, 4) is 22.9 Å². The summed E-state index contributed by atoms with van der Waals surface area (Å²) in [7, 11) is 1.61. The zero-order valence-corrected chi connectivity index (χ0v) is 19.1. The maximum Gasteiger partial charge on any atom is 0.268 e. The minimum atomic E-state index is -0.504. The van der Waals surface area contributed by atoms with Crippen molar-refractivity contribution in [2.75, 3.05) is 25.2 Å². The van der Waals surface area contributed by atoms with Crippen LogP contribution >= 0.6 is 0 Å². The number of benzene rings is 2. The van der Waals surface area contributed by atoms with Crippen LogP contribution in [-0.2, 0) is 4.79 Å². The third-order valence-electron chi connectivity index (χ3n) is 5.29. The number of nitrogens with zero attached hydrogens (tertiary/aromatic N) is 2. The minimum absolute atomic E-state index is 0.0409. The average Bonchev–Trinajstić information content (AvgIpc) is 3.43. The fourth-order valence-corrected chi connectivity index (χ4v) is 3.62. The maximum absolute atomic E-state index is 13.0. The van der Waals surface area contributed by atoms with Gasteiger partial charge in [-0.25, -0.2) is 0 Å². The van der Waals surface area contributed by atoms with E-state index in [0.717, 1.165) is 11.4 Å². The van der Waals surface area contributed by atoms with Gasteiger partial charge in [-0.05, 0) is 53.9 Å². The van der Waals surface area contributed by atoms with Crippen LogP contribution in [0.25, 0.3) is 5.69 Å². The zero-order chi connectivity index (χ0) is 22.7. The Morgan fingerprint density at radius 2 is 1.66 bits per heavy atom. The van der Waals surface area contributed by atoms with E-state index < -0.39 is 6.10 Å². The summed E-state index contributed by atoms with van der Waals surface area (Å²) in [6, 6.07) is 17.3. The van der Waals surface area contributed by atoms with Crippen LogP contribution in [0.1, 0.15) is 27.2 Å². The van der Waals surface area contributed by atoms with Crippen LogP contribution in [0.15, 0.2) is 67.0 Å². The normalized spacial score (nSPS) is 16.3. The topological polar surface area (TPSA) is 52.9 Å². The predicted octanol–water partition coefficient (Wildman–Crippen LogP) is 5.10. The molecule has 1 amide bonds. The van der Waals surface area contributed by atoms with Gasteiger partial charge in [0.1, 0.15) is 5.75 Å². The van der Waals surface area contributed by atoms with E-state index in [-0.39, 0.29) is 11.3 Å². The molecule has 1 aliphatic rings. The Balaban J connectivity index is 1.42. The number of ether oxygens (including phenoxy) is 3. The van der Waals surface area contributed by atoms with Crippen LogP contribution in [-0.4, -0.2) is 36.8 Å². The van der Waals surface area contributed by atoms with Gasteiger partial charge in [0, 0.05) is 42.8 Å². The fourth-order valence-electron chi connectivity index (χ4n) is 3.62. The van der Waals surface area contributed by atoms with Gasteiger partial charge in [0.25, 0.3) is 5.91 Å². The lowest BCUT2D eigenvalue weighted by molar-refractivity contribution is -0.122. The number of rotatable bonds is 7. The van der Waals surface area contributed by atoms with Crippen LogP contribution in [0.2, 0.25) is 0 Å². The Bertz CT molecular complexity index is 1050. The lowest BCUT2D eigenvalue weighted by Gasteiger charge is -2.22. The first-order valence-corrected chi connectivity index (χ1v) is 10.9. The molecule has 0 N–H and O–H groups in total. The molecule has 2 aromatic carbocycles. The summed E-state index contributed by atoms with van der Waals surface area (Å²) in [4.78, 5) is 14.8. The second-order valence-corrected chi connectivity index (χ2v) is 9.15. The predicted molar refractivity (Wildman–Crippen MR) is 125 cm³/mol. The third kappa shape index (κ3) is 4.90. The van der Waals surface area contributed by atoms with Gasteiger partial charge < -0.3 is 23.7 Å². The van der Waals surface area contributed by atoms with Crippen molar-refractivity contribution in [3.63, 3.8) is 0 Å². The van der Waals surface area contributed by atoms with Crippen molar-refractivity contribution in [3.05, 3.63) is 67.0 Å². The van der Waals surface area contributed by atoms with Crippen LogP contribution < -0.4 is 19.1 Å². The van der Waals surface area contributed by atoms with Crippen molar-refractivity contribution < 1.29 is 19.0 Å². The Hall–Kier alpha value is -3.41. The van der Waals surface area contributed by atoms with E-state index >= 15 is 0 Å². The van der Waals surface area contributed by atoms with Crippen LogP contribution in [0.4, 0.5) is 5.69 Å². The Kier molecular flexibility index (Phi) is 6.12. The van der Waals surface area contributed by atoms with Gasteiger partial charge in [-0.15, -0.1) is 0 Å². The van der Waals surface area contributed by atoms with Crippen molar-refractivity contribution in [1.29, 1.82) is 0 Å². The number of methoxy groups -OCH3 is 1. The molecule has 1 saturated heterocycles. The Morgan fingerprint density at radius 3 is 2.31 bits per heavy atom. The summed E-state index contributed by atoms with van der Waals surface area (Å²) < 4.78 is 19.5. The van der Waals surface area contributed by atoms with Gasteiger partial charge in [-0.1, -0.05) is 20.8 Å². The maximum atomic E-state index is 13.0. The lowest BCUT2D eigenvalue weighted by Crippen LogP contribution is -2.32. The number of carbonyl (C=O) groups excluding carboxylic acids is 1. The summed E-state index contributed by atoms with van der Waals surface area (Å²) in [5, 5.41) is 0. The highest BCUT2D eigenvalue weighted by molar-refractivity contribution is 5.99. The number of aromatic nitrogens is 1. The van der Waals surface area contributed by atoms with Crippen molar-refractivity contribution in [2.24, 2.45) is 5.41 Å². The summed E-state index contributed by atoms with van der Waals surface area (Å²) in [6.45, 7) is 7.52. The van der Waals surface area contributed by atoms with E-state index in [1.807, 2.05) is 71.6 Å². The monoisotopic (exact) mass is 434 g/mol. The standard InChI is InChI=1S/C26H30N2O4/c1-26(2,3)18-31-22-12-9-20(17-24(22)30-4)28-16-13-23(25(28)29)32-21-10-7-19(8-11-21)27-14-5-6-15-27/h5-12,14-15,17,23H,13,16,18H2,1-4H3. The van der Waals surface area contributed by atoms with Crippen molar-refractivity contribution in [2.45, 2.75) is 33.3 Å². The molecule has 0 bridgehead atoms. The van der Waals surface area contributed by atoms with Gasteiger partial charge in [0.15, 0.2) is 17.6 Å². The first-order chi connectivity index (χ1) is 15.3. The molecule has 6 nitrogen and oxygen atoms in total. The highest BCUT2D eigenvalue weighted by Gasteiger charge is 2.34. The summed E-state index contributed by atoms with van der Waals surface area (Å²) >= 11 is 0. The molecule has 4 rings (SSSR count). The molecular weight excluding hydrogens is 404 g/mol. The highest BCUT2D eigenvalue weighted by atomic mass is 16.5. The molecule has 0 spiro atoms. The van der Waals surface area contributed by atoms with Crippen LogP contribution in [0.5, 0.6) is 17.2 Å². The molecular formula is C26H30N2O4. The number of anilines is 1. The number of hydrogen-bond acceptors (Lipinski definition) is 4. The van der Waals surface area contributed by atoms with E-state index in [0.29, 0.717) is 36.8 Å². The molecule has 0 aliphatic carbocycles.